The number of anilines is 1. The van der Waals surface area contributed by atoms with Crippen molar-refractivity contribution < 1.29 is 19.4 Å². The lowest BCUT2D eigenvalue weighted by Gasteiger charge is -2.30. The lowest BCUT2D eigenvalue weighted by molar-refractivity contribution is -0.140. The molecule has 0 unspecified atom stereocenters. The zero-order valence-electron chi connectivity index (χ0n) is 15.2. The van der Waals surface area contributed by atoms with Crippen LogP contribution in [0.5, 0.6) is 5.75 Å². The Kier molecular flexibility index (Phi) is 7.76. The highest BCUT2D eigenvalue weighted by Crippen LogP contribution is 2.31. The molecule has 0 saturated carbocycles. The topological polar surface area (TPSA) is 59.0 Å². The third-order valence-corrected chi connectivity index (χ3v) is 3.39. The van der Waals surface area contributed by atoms with Crippen molar-refractivity contribution in [3.63, 3.8) is 0 Å². The Morgan fingerprint density at radius 1 is 1.21 bits per heavy atom. The van der Waals surface area contributed by atoms with Crippen molar-refractivity contribution >= 4 is 11.6 Å². The fourth-order valence-corrected chi connectivity index (χ4v) is 2.09. The molecule has 1 N–H and O–H groups in total. The molecule has 1 aromatic carbocycles. The number of fused-ring (bicyclic) bond motifs is 1. The normalized spacial score (nSPS) is 17.1. The van der Waals surface area contributed by atoms with Crippen LogP contribution in [0, 0.1) is 11.8 Å². The third kappa shape index (κ3) is 4.73. The lowest BCUT2D eigenvalue weighted by atomic mass is 10.0. The Labute approximate surface area is 144 Å². The van der Waals surface area contributed by atoms with Crippen LogP contribution in [0.3, 0.4) is 0 Å². The number of hydrogen-bond acceptors (Lipinski definition) is 4. The highest BCUT2D eigenvalue weighted by atomic mass is 16.5. The summed E-state index contributed by atoms with van der Waals surface area (Å²) in [5, 5.41) is 9.86. The summed E-state index contributed by atoms with van der Waals surface area (Å²) in [5.41, 5.74) is 0.399. The van der Waals surface area contributed by atoms with Gasteiger partial charge in [0.25, 0.3) is 0 Å². The van der Waals surface area contributed by atoms with Crippen molar-refractivity contribution in [2.24, 2.45) is 0 Å². The molecule has 2 aliphatic rings. The van der Waals surface area contributed by atoms with Gasteiger partial charge in [0.15, 0.2) is 5.60 Å². The molecule has 2 aliphatic heterocycles. The molecule has 2 heterocycles. The van der Waals surface area contributed by atoms with E-state index in [2.05, 4.69) is 11.8 Å². The average Bonchev–Trinajstić information content (AvgIpc) is 2.74. The van der Waals surface area contributed by atoms with Crippen LogP contribution < -0.4 is 9.64 Å². The molecule has 0 bridgehead atoms. The van der Waals surface area contributed by atoms with Crippen molar-refractivity contribution in [1.82, 2.24) is 0 Å². The molecular weight excluding hydrogens is 306 g/mol. The van der Waals surface area contributed by atoms with Crippen LogP contribution in [-0.2, 0) is 9.53 Å². The lowest BCUT2D eigenvalue weighted by Crippen LogP contribution is -2.48. The van der Waals surface area contributed by atoms with Gasteiger partial charge in [0.05, 0.1) is 31.9 Å². The molecule has 132 valence electrons. The zero-order valence-corrected chi connectivity index (χ0v) is 15.2. The summed E-state index contributed by atoms with van der Waals surface area (Å²) in [6.07, 6.45) is 0.364. The summed E-state index contributed by atoms with van der Waals surface area (Å²) in [5.74, 6) is 6.41. The number of hydrogen-bond donors (Lipinski definition) is 1. The highest BCUT2D eigenvalue weighted by Gasteiger charge is 2.33. The van der Waals surface area contributed by atoms with Gasteiger partial charge in [-0.3, -0.25) is 4.79 Å². The number of benzene rings is 1. The molecule has 0 aliphatic carbocycles. The molecule has 5 nitrogen and oxygen atoms in total. The number of carbonyl (C=O) groups excluding carboxylic acids is 1. The summed E-state index contributed by atoms with van der Waals surface area (Å²) < 4.78 is 10.5. The summed E-state index contributed by atoms with van der Waals surface area (Å²) in [6.45, 7) is 8.87. The first-order valence-electron chi connectivity index (χ1n) is 8.44. The third-order valence-electron chi connectivity index (χ3n) is 3.39. The van der Waals surface area contributed by atoms with E-state index in [4.69, 9.17) is 9.47 Å². The molecule has 1 saturated heterocycles. The maximum Gasteiger partial charge on any atom is 0.230 e. The zero-order chi connectivity index (χ0) is 18.2. The number of ether oxygens (including phenoxy) is 2. The Morgan fingerprint density at radius 3 is 2.46 bits per heavy atom. The molecule has 0 atom stereocenters. The van der Waals surface area contributed by atoms with Crippen LogP contribution in [0.2, 0.25) is 0 Å². The van der Waals surface area contributed by atoms with Gasteiger partial charge in [-0.05, 0) is 18.2 Å². The van der Waals surface area contributed by atoms with Crippen LogP contribution in [0.15, 0.2) is 18.2 Å². The fraction of sp³-hybridized carbons (Fsp3) is 0.526. The predicted octanol–water partition coefficient (Wildman–Crippen LogP) is 2.60. The van der Waals surface area contributed by atoms with Crippen LogP contribution in [0.1, 0.15) is 39.7 Å². The summed E-state index contributed by atoms with van der Waals surface area (Å²) in [4.78, 5) is 13.4. The van der Waals surface area contributed by atoms with E-state index in [9.17, 15) is 9.90 Å². The minimum absolute atomic E-state index is 0.0138. The van der Waals surface area contributed by atoms with Crippen molar-refractivity contribution in [1.29, 1.82) is 0 Å². The Bertz CT molecular complexity index is 612. The van der Waals surface area contributed by atoms with Crippen LogP contribution >= 0.6 is 0 Å². The molecule has 0 radical (unpaired) electrons. The van der Waals surface area contributed by atoms with Gasteiger partial charge in [0.1, 0.15) is 5.75 Å². The molecule has 1 aromatic rings. The molecule has 24 heavy (non-hydrogen) atoms. The first-order chi connectivity index (χ1) is 11.6. The number of carbonyl (C=O) groups is 1. The quantitative estimate of drug-likeness (QED) is 0.742. The number of rotatable bonds is 0. The van der Waals surface area contributed by atoms with Gasteiger partial charge in [-0.1, -0.05) is 39.5 Å². The van der Waals surface area contributed by atoms with Crippen molar-refractivity contribution in [3.8, 4) is 17.6 Å². The second kappa shape index (κ2) is 9.31. The highest BCUT2D eigenvalue weighted by molar-refractivity contribution is 5.95. The minimum Gasteiger partial charge on any atom is -0.491 e. The Morgan fingerprint density at radius 2 is 1.88 bits per heavy atom. The van der Waals surface area contributed by atoms with E-state index >= 15 is 0 Å². The molecular formula is C19H27NO4. The van der Waals surface area contributed by atoms with Gasteiger partial charge in [0, 0.05) is 12.6 Å². The van der Waals surface area contributed by atoms with Crippen LogP contribution in [0.25, 0.3) is 0 Å². The largest absolute Gasteiger partial charge is 0.491 e. The van der Waals surface area contributed by atoms with E-state index in [1.165, 1.54) is 0 Å². The van der Waals surface area contributed by atoms with Crippen LogP contribution in [-0.4, -0.2) is 43.5 Å². The van der Waals surface area contributed by atoms with Crippen LogP contribution in [0.4, 0.5) is 5.69 Å². The van der Waals surface area contributed by atoms with E-state index in [0.717, 1.165) is 5.56 Å². The number of amides is 1. The smallest absolute Gasteiger partial charge is 0.230 e. The number of nitrogens with zero attached hydrogens (tertiary/aromatic N) is 1. The monoisotopic (exact) mass is 333 g/mol. The summed E-state index contributed by atoms with van der Waals surface area (Å²) in [7, 11) is 1.72. The van der Waals surface area contributed by atoms with Gasteiger partial charge in [0.2, 0.25) is 5.91 Å². The molecule has 1 amide bonds. The molecule has 3 rings (SSSR count). The van der Waals surface area contributed by atoms with Crippen molar-refractivity contribution in [2.75, 3.05) is 31.8 Å². The maximum absolute atomic E-state index is 11.8. The molecule has 1 fully saturated rings. The van der Waals surface area contributed by atoms with E-state index < -0.39 is 5.60 Å². The van der Waals surface area contributed by atoms with Crippen molar-refractivity contribution in [3.05, 3.63) is 23.8 Å². The molecule has 0 spiro atoms. The van der Waals surface area contributed by atoms with E-state index in [-0.39, 0.29) is 19.1 Å². The van der Waals surface area contributed by atoms with E-state index in [1.807, 2.05) is 33.8 Å². The number of aliphatic hydroxyl groups is 1. The summed E-state index contributed by atoms with van der Waals surface area (Å²) >= 11 is 0. The second-order valence-electron chi connectivity index (χ2n) is 5.01. The standard InChI is InChI=1S/C15H15NO4.2C2H6/c1-16-12-8-11(4-6-15(18)9-19-10-15)2-3-13(12)20-7-5-14(16)17;2*1-2/h2-3,8,18H,5,7,9-10H2,1H3;2*1-2H3. The van der Waals surface area contributed by atoms with Gasteiger partial charge < -0.3 is 19.5 Å². The molecule has 5 heteroatoms. The van der Waals surface area contributed by atoms with Crippen molar-refractivity contribution in [2.45, 2.75) is 39.7 Å². The minimum atomic E-state index is -1.04. The Balaban J connectivity index is 0.000000671. The molecule has 0 aromatic heterocycles. The Hall–Kier alpha value is -2.03. The first-order valence-corrected chi connectivity index (χ1v) is 8.44. The van der Waals surface area contributed by atoms with Gasteiger partial charge in [-0.2, -0.15) is 0 Å². The second-order valence-corrected chi connectivity index (χ2v) is 5.01. The van der Waals surface area contributed by atoms with E-state index in [0.29, 0.717) is 24.5 Å². The fourth-order valence-electron chi connectivity index (χ4n) is 2.09. The van der Waals surface area contributed by atoms with Gasteiger partial charge in [-0.25, -0.2) is 0 Å². The first kappa shape index (κ1) is 20.0. The van der Waals surface area contributed by atoms with E-state index in [1.54, 1.807) is 24.1 Å². The van der Waals surface area contributed by atoms with Gasteiger partial charge >= 0.3 is 0 Å². The SMILES string of the molecule is CC.CC.CN1C(=O)CCOc2ccc(C#CC3(O)COC3)cc21. The average molecular weight is 333 g/mol. The summed E-state index contributed by atoms with van der Waals surface area (Å²) in [6, 6.07) is 5.42. The maximum atomic E-state index is 11.8. The van der Waals surface area contributed by atoms with Gasteiger partial charge in [-0.15, -0.1) is 0 Å². The predicted molar refractivity (Wildman–Crippen MR) is 95.3 cm³/mol.